The summed E-state index contributed by atoms with van der Waals surface area (Å²) in [5.41, 5.74) is 2.31. The molecule has 0 saturated heterocycles. The molecule has 3 heteroatoms. The number of benzene rings is 3. The monoisotopic (exact) mass is 293 g/mol. The van der Waals surface area contributed by atoms with Crippen LogP contribution in [0.3, 0.4) is 0 Å². The number of carbonyl (C=O) groups is 1. The van der Waals surface area contributed by atoms with Crippen LogP contribution in [0.1, 0.15) is 11.1 Å². The van der Waals surface area contributed by atoms with Crippen LogP contribution in [-0.2, 0) is 11.2 Å². The second kappa shape index (κ2) is 5.98. The maximum atomic E-state index is 13.1. The summed E-state index contributed by atoms with van der Waals surface area (Å²) in [6, 6.07) is 18.4. The summed E-state index contributed by atoms with van der Waals surface area (Å²) in [6.07, 6.45) is 0.293. The first-order valence-corrected chi connectivity index (χ1v) is 7.15. The van der Waals surface area contributed by atoms with Crippen LogP contribution in [0.4, 0.5) is 10.1 Å². The van der Waals surface area contributed by atoms with Crippen molar-refractivity contribution in [3.63, 3.8) is 0 Å². The molecule has 0 saturated carbocycles. The molecule has 0 aromatic heterocycles. The third-order valence-corrected chi connectivity index (χ3v) is 3.64. The number of fused-ring (bicyclic) bond motifs is 1. The van der Waals surface area contributed by atoms with E-state index in [1.807, 2.05) is 42.5 Å². The van der Waals surface area contributed by atoms with Gasteiger partial charge in [0.1, 0.15) is 5.82 Å². The summed E-state index contributed by atoms with van der Waals surface area (Å²) in [5.74, 6) is -0.407. The number of hydrogen-bond acceptors (Lipinski definition) is 1. The maximum absolute atomic E-state index is 13.1. The van der Waals surface area contributed by atoms with Gasteiger partial charge in [0.05, 0.1) is 6.42 Å². The van der Waals surface area contributed by atoms with Gasteiger partial charge in [-0.2, -0.15) is 0 Å². The van der Waals surface area contributed by atoms with Gasteiger partial charge in [-0.3, -0.25) is 4.79 Å². The number of halogens is 1. The molecule has 0 fully saturated rings. The van der Waals surface area contributed by atoms with E-state index in [1.54, 1.807) is 13.0 Å². The van der Waals surface area contributed by atoms with Gasteiger partial charge in [-0.05, 0) is 47.0 Å². The van der Waals surface area contributed by atoms with E-state index < -0.39 is 0 Å². The smallest absolute Gasteiger partial charge is 0.228 e. The minimum Gasteiger partial charge on any atom is -0.326 e. The normalized spacial score (nSPS) is 10.6. The standard InChI is InChI=1S/C19H16FNO/c1-13-10-17(20)8-9-18(13)21-19(22)12-14-6-7-15-4-2-3-5-16(15)11-14/h2-11H,12H2,1H3,(H,21,22). The van der Waals surface area contributed by atoms with Crippen LogP contribution in [0.15, 0.2) is 60.7 Å². The predicted molar refractivity (Wildman–Crippen MR) is 87.4 cm³/mol. The number of anilines is 1. The number of nitrogens with one attached hydrogen (secondary N) is 1. The Kier molecular flexibility index (Phi) is 3.88. The van der Waals surface area contributed by atoms with Crippen LogP contribution in [0.2, 0.25) is 0 Å². The quantitative estimate of drug-likeness (QED) is 0.758. The van der Waals surface area contributed by atoms with Crippen LogP contribution in [-0.4, -0.2) is 5.91 Å². The Morgan fingerprint density at radius 3 is 2.55 bits per heavy atom. The molecule has 0 spiro atoms. The summed E-state index contributed by atoms with van der Waals surface area (Å²) in [5, 5.41) is 5.10. The molecule has 0 heterocycles. The number of rotatable bonds is 3. The highest BCUT2D eigenvalue weighted by molar-refractivity contribution is 5.93. The molecule has 3 aromatic carbocycles. The van der Waals surface area contributed by atoms with Gasteiger partial charge in [-0.1, -0.05) is 42.5 Å². The van der Waals surface area contributed by atoms with Crippen molar-refractivity contribution in [2.24, 2.45) is 0 Å². The molecule has 0 aliphatic heterocycles. The second-order valence-electron chi connectivity index (χ2n) is 5.37. The van der Waals surface area contributed by atoms with Crippen LogP contribution in [0.25, 0.3) is 10.8 Å². The minimum atomic E-state index is -0.301. The molecule has 3 aromatic rings. The van der Waals surface area contributed by atoms with Gasteiger partial charge in [0, 0.05) is 5.69 Å². The fourth-order valence-electron chi connectivity index (χ4n) is 2.50. The first kappa shape index (κ1) is 14.3. The van der Waals surface area contributed by atoms with E-state index in [0.717, 1.165) is 16.3 Å². The van der Waals surface area contributed by atoms with Crippen LogP contribution in [0, 0.1) is 12.7 Å². The van der Waals surface area contributed by atoms with E-state index in [9.17, 15) is 9.18 Å². The zero-order valence-electron chi connectivity index (χ0n) is 12.3. The Labute approximate surface area is 128 Å². The topological polar surface area (TPSA) is 29.1 Å². The first-order valence-electron chi connectivity index (χ1n) is 7.15. The van der Waals surface area contributed by atoms with Crippen molar-refractivity contribution < 1.29 is 9.18 Å². The largest absolute Gasteiger partial charge is 0.326 e. The Hall–Kier alpha value is -2.68. The average molecular weight is 293 g/mol. The zero-order chi connectivity index (χ0) is 15.5. The first-order chi connectivity index (χ1) is 10.6. The summed E-state index contributed by atoms with van der Waals surface area (Å²) in [6.45, 7) is 1.77. The van der Waals surface area contributed by atoms with Crippen molar-refractivity contribution >= 4 is 22.4 Å². The van der Waals surface area contributed by atoms with Gasteiger partial charge in [0.25, 0.3) is 0 Å². The predicted octanol–water partition coefficient (Wildman–Crippen LogP) is 4.47. The van der Waals surface area contributed by atoms with Gasteiger partial charge in [-0.25, -0.2) is 4.39 Å². The third kappa shape index (κ3) is 3.14. The molecule has 1 amide bonds. The lowest BCUT2D eigenvalue weighted by Gasteiger charge is -2.09. The molecule has 0 bridgehead atoms. The van der Waals surface area contributed by atoms with E-state index >= 15 is 0 Å². The lowest BCUT2D eigenvalue weighted by molar-refractivity contribution is -0.115. The second-order valence-corrected chi connectivity index (χ2v) is 5.37. The molecule has 0 aliphatic carbocycles. The molecule has 110 valence electrons. The number of aryl methyl sites for hydroxylation is 1. The number of carbonyl (C=O) groups excluding carboxylic acids is 1. The lowest BCUT2D eigenvalue weighted by atomic mass is 10.0. The van der Waals surface area contributed by atoms with Crippen molar-refractivity contribution in [2.45, 2.75) is 13.3 Å². The highest BCUT2D eigenvalue weighted by Gasteiger charge is 2.07. The van der Waals surface area contributed by atoms with Gasteiger partial charge >= 0.3 is 0 Å². The molecule has 22 heavy (non-hydrogen) atoms. The third-order valence-electron chi connectivity index (χ3n) is 3.64. The summed E-state index contributed by atoms with van der Waals surface area (Å²) >= 11 is 0. The van der Waals surface area contributed by atoms with Crippen molar-refractivity contribution in [3.05, 3.63) is 77.6 Å². The Morgan fingerprint density at radius 2 is 1.77 bits per heavy atom. The molecule has 0 atom stereocenters. The van der Waals surface area contributed by atoms with E-state index in [-0.39, 0.29) is 11.7 Å². The van der Waals surface area contributed by atoms with E-state index in [4.69, 9.17) is 0 Å². The van der Waals surface area contributed by atoms with E-state index in [0.29, 0.717) is 17.7 Å². The summed E-state index contributed by atoms with van der Waals surface area (Å²) in [4.78, 5) is 12.2. The summed E-state index contributed by atoms with van der Waals surface area (Å²) < 4.78 is 13.1. The summed E-state index contributed by atoms with van der Waals surface area (Å²) in [7, 11) is 0. The maximum Gasteiger partial charge on any atom is 0.228 e. The highest BCUT2D eigenvalue weighted by Crippen LogP contribution is 2.18. The van der Waals surface area contributed by atoms with Crippen molar-refractivity contribution in [3.8, 4) is 0 Å². The van der Waals surface area contributed by atoms with E-state index in [2.05, 4.69) is 5.32 Å². The molecular formula is C19H16FNO. The average Bonchev–Trinajstić information content (AvgIpc) is 2.50. The Morgan fingerprint density at radius 1 is 1.00 bits per heavy atom. The van der Waals surface area contributed by atoms with Crippen molar-refractivity contribution in [2.75, 3.05) is 5.32 Å². The van der Waals surface area contributed by atoms with Crippen molar-refractivity contribution in [1.29, 1.82) is 0 Å². The lowest BCUT2D eigenvalue weighted by Crippen LogP contribution is -2.15. The SMILES string of the molecule is Cc1cc(F)ccc1NC(=O)Cc1ccc2ccccc2c1. The zero-order valence-corrected chi connectivity index (χ0v) is 12.3. The van der Waals surface area contributed by atoms with E-state index in [1.165, 1.54) is 12.1 Å². The fourth-order valence-corrected chi connectivity index (χ4v) is 2.50. The Balaban J connectivity index is 1.75. The van der Waals surface area contributed by atoms with Crippen LogP contribution < -0.4 is 5.32 Å². The number of hydrogen-bond donors (Lipinski definition) is 1. The molecule has 2 nitrogen and oxygen atoms in total. The van der Waals surface area contributed by atoms with Gasteiger partial charge in [-0.15, -0.1) is 0 Å². The molecule has 0 radical (unpaired) electrons. The molecule has 0 unspecified atom stereocenters. The van der Waals surface area contributed by atoms with Gasteiger partial charge < -0.3 is 5.32 Å². The molecular weight excluding hydrogens is 277 g/mol. The van der Waals surface area contributed by atoms with Gasteiger partial charge in [0.2, 0.25) is 5.91 Å². The van der Waals surface area contributed by atoms with Gasteiger partial charge in [0.15, 0.2) is 0 Å². The van der Waals surface area contributed by atoms with Crippen LogP contribution in [0.5, 0.6) is 0 Å². The molecule has 3 rings (SSSR count). The fraction of sp³-hybridized carbons (Fsp3) is 0.105. The molecule has 1 N–H and O–H groups in total. The molecule has 0 aliphatic rings. The minimum absolute atomic E-state index is 0.106. The van der Waals surface area contributed by atoms with Crippen molar-refractivity contribution in [1.82, 2.24) is 0 Å². The highest BCUT2D eigenvalue weighted by atomic mass is 19.1. The van der Waals surface area contributed by atoms with Crippen LogP contribution >= 0.6 is 0 Å². The number of amides is 1. The Bertz CT molecular complexity index is 842.